The van der Waals surface area contributed by atoms with E-state index in [2.05, 4.69) is 10.2 Å². The topological polar surface area (TPSA) is 69.6 Å². The summed E-state index contributed by atoms with van der Waals surface area (Å²) in [5.74, 6) is -1.15. The fourth-order valence-electron chi connectivity index (χ4n) is 3.30. The van der Waals surface area contributed by atoms with Crippen LogP contribution in [0.4, 0.5) is 5.69 Å². The molecule has 0 bridgehead atoms. The molecule has 1 saturated heterocycles. The van der Waals surface area contributed by atoms with E-state index in [4.69, 9.17) is 0 Å². The highest BCUT2D eigenvalue weighted by Crippen LogP contribution is 2.28. The Bertz CT molecular complexity index is 716. The van der Waals surface area contributed by atoms with Gasteiger partial charge in [0, 0.05) is 18.8 Å². The standard InChI is InChI=1S/C20H22N2O3.ClH/c23-19(21-17-9-5-2-6-10-17)18(15-7-3-1-4-8-15)22-13-11-16(12-14-22)20(24)25;/h1-10,16,18H,11-14H2,(H,21,23)(H,24,25);1H. The van der Waals surface area contributed by atoms with Gasteiger partial charge < -0.3 is 10.4 Å². The second-order valence-corrected chi connectivity index (χ2v) is 6.32. The molecule has 0 aromatic heterocycles. The molecule has 1 amide bonds. The highest BCUT2D eigenvalue weighted by Gasteiger charge is 2.33. The Kier molecular flexibility index (Phi) is 7.18. The maximum Gasteiger partial charge on any atom is 0.306 e. The Labute approximate surface area is 159 Å². The zero-order chi connectivity index (χ0) is 17.6. The van der Waals surface area contributed by atoms with Crippen LogP contribution < -0.4 is 5.32 Å². The number of benzene rings is 2. The van der Waals surface area contributed by atoms with Gasteiger partial charge in [-0.2, -0.15) is 0 Å². The van der Waals surface area contributed by atoms with Gasteiger partial charge in [0.25, 0.3) is 0 Å². The lowest BCUT2D eigenvalue weighted by atomic mass is 9.94. The Morgan fingerprint density at radius 3 is 2.04 bits per heavy atom. The van der Waals surface area contributed by atoms with Crippen molar-refractivity contribution in [2.24, 2.45) is 5.92 Å². The zero-order valence-corrected chi connectivity index (χ0v) is 15.2. The molecule has 0 aliphatic carbocycles. The molecule has 6 heteroatoms. The number of nitrogens with one attached hydrogen (secondary N) is 1. The molecule has 1 aliphatic rings. The number of carboxylic acid groups (broad SMARTS) is 1. The van der Waals surface area contributed by atoms with Gasteiger partial charge in [0.05, 0.1) is 5.92 Å². The fraction of sp³-hybridized carbons (Fsp3) is 0.300. The van der Waals surface area contributed by atoms with Crippen LogP contribution in [-0.4, -0.2) is 35.0 Å². The largest absolute Gasteiger partial charge is 0.481 e. The van der Waals surface area contributed by atoms with Crippen molar-refractivity contribution in [1.29, 1.82) is 0 Å². The average molecular weight is 375 g/mol. The second-order valence-electron chi connectivity index (χ2n) is 6.32. The van der Waals surface area contributed by atoms with Crippen molar-refractivity contribution in [1.82, 2.24) is 4.90 Å². The number of halogens is 1. The molecule has 1 atom stereocenters. The van der Waals surface area contributed by atoms with Gasteiger partial charge in [-0.1, -0.05) is 48.5 Å². The van der Waals surface area contributed by atoms with Crippen molar-refractivity contribution in [3.05, 3.63) is 66.2 Å². The first kappa shape index (κ1) is 19.9. The molecule has 138 valence electrons. The van der Waals surface area contributed by atoms with Crippen molar-refractivity contribution >= 4 is 30.0 Å². The summed E-state index contributed by atoms with van der Waals surface area (Å²) >= 11 is 0. The van der Waals surface area contributed by atoms with E-state index in [0.29, 0.717) is 25.9 Å². The fourth-order valence-corrected chi connectivity index (χ4v) is 3.30. The van der Waals surface area contributed by atoms with E-state index in [1.54, 1.807) is 0 Å². The molecule has 2 aromatic rings. The lowest BCUT2D eigenvalue weighted by Gasteiger charge is -2.35. The summed E-state index contributed by atoms with van der Waals surface area (Å²) in [5.41, 5.74) is 1.68. The number of carbonyl (C=O) groups excluding carboxylic acids is 1. The number of aliphatic carboxylic acids is 1. The normalized spacial score (nSPS) is 16.3. The SMILES string of the molecule is Cl.O=C(O)C1CCN(C(C(=O)Nc2ccccc2)c2ccccc2)CC1. The number of rotatable bonds is 5. The molecular weight excluding hydrogens is 352 g/mol. The summed E-state index contributed by atoms with van der Waals surface area (Å²) < 4.78 is 0. The molecule has 26 heavy (non-hydrogen) atoms. The predicted molar refractivity (Wildman–Crippen MR) is 103 cm³/mol. The molecule has 2 aromatic carbocycles. The number of hydrogen-bond donors (Lipinski definition) is 2. The second kappa shape index (κ2) is 9.36. The minimum absolute atomic E-state index is 0. The minimum atomic E-state index is -0.746. The number of piperidine rings is 1. The van der Waals surface area contributed by atoms with Crippen LogP contribution in [0, 0.1) is 5.92 Å². The summed E-state index contributed by atoms with van der Waals surface area (Å²) in [6.07, 6.45) is 1.13. The first-order chi connectivity index (χ1) is 12.1. The highest BCUT2D eigenvalue weighted by atomic mass is 35.5. The number of amides is 1. The zero-order valence-electron chi connectivity index (χ0n) is 14.4. The molecule has 1 fully saturated rings. The van der Waals surface area contributed by atoms with E-state index in [-0.39, 0.29) is 24.2 Å². The van der Waals surface area contributed by atoms with Gasteiger partial charge >= 0.3 is 5.97 Å². The molecular formula is C20H23ClN2O3. The van der Waals surface area contributed by atoms with Crippen molar-refractivity contribution in [3.63, 3.8) is 0 Å². The van der Waals surface area contributed by atoms with E-state index in [1.807, 2.05) is 60.7 Å². The van der Waals surface area contributed by atoms with Crippen LogP contribution >= 0.6 is 12.4 Å². The highest BCUT2D eigenvalue weighted by molar-refractivity contribution is 5.95. The van der Waals surface area contributed by atoms with Crippen molar-refractivity contribution in [2.75, 3.05) is 18.4 Å². The van der Waals surface area contributed by atoms with E-state index in [1.165, 1.54) is 0 Å². The van der Waals surface area contributed by atoms with Crippen molar-refractivity contribution in [2.45, 2.75) is 18.9 Å². The summed E-state index contributed by atoms with van der Waals surface area (Å²) in [6.45, 7) is 1.19. The lowest BCUT2D eigenvalue weighted by molar-refractivity contribution is -0.143. The van der Waals surface area contributed by atoms with Crippen LogP contribution in [-0.2, 0) is 9.59 Å². The van der Waals surface area contributed by atoms with E-state index in [0.717, 1.165) is 11.3 Å². The van der Waals surface area contributed by atoms with E-state index in [9.17, 15) is 14.7 Å². The average Bonchev–Trinajstić information content (AvgIpc) is 2.64. The molecule has 5 nitrogen and oxygen atoms in total. The lowest BCUT2D eigenvalue weighted by Crippen LogP contribution is -2.43. The number of carboxylic acids is 1. The van der Waals surface area contributed by atoms with Crippen LogP contribution in [0.5, 0.6) is 0 Å². The summed E-state index contributed by atoms with van der Waals surface area (Å²) in [5, 5.41) is 12.2. The van der Waals surface area contributed by atoms with Crippen LogP contribution in [0.1, 0.15) is 24.4 Å². The summed E-state index contributed by atoms with van der Waals surface area (Å²) in [4.78, 5) is 26.2. The Hall–Kier alpha value is -2.37. The summed E-state index contributed by atoms with van der Waals surface area (Å²) in [6, 6.07) is 18.6. The molecule has 0 saturated carbocycles. The first-order valence-corrected chi connectivity index (χ1v) is 8.53. The van der Waals surface area contributed by atoms with E-state index >= 15 is 0 Å². The maximum absolute atomic E-state index is 13.0. The third-order valence-corrected chi connectivity index (χ3v) is 4.65. The molecule has 2 N–H and O–H groups in total. The van der Waals surface area contributed by atoms with Gasteiger partial charge in [-0.05, 0) is 30.5 Å². The Morgan fingerprint density at radius 2 is 1.50 bits per heavy atom. The quantitative estimate of drug-likeness (QED) is 0.839. The monoisotopic (exact) mass is 374 g/mol. The van der Waals surface area contributed by atoms with Crippen LogP contribution in [0.15, 0.2) is 60.7 Å². The minimum Gasteiger partial charge on any atom is -0.481 e. The molecule has 1 heterocycles. The smallest absolute Gasteiger partial charge is 0.306 e. The molecule has 1 aliphatic heterocycles. The van der Waals surface area contributed by atoms with Gasteiger partial charge in [-0.3, -0.25) is 14.5 Å². The first-order valence-electron chi connectivity index (χ1n) is 8.53. The molecule has 1 unspecified atom stereocenters. The van der Waals surface area contributed by atoms with Gasteiger partial charge in [-0.25, -0.2) is 0 Å². The molecule has 0 radical (unpaired) electrons. The van der Waals surface area contributed by atoms with Gasteiger partial charge in [-0.15, -0.1) is 12.4 Å². The molecule has 0 spiro atoms. The predicted octanol–water partition coefficient (Wildman–Crippen LogP) is 3.58. The third kappa shape index (κ3) is 4.84. The van der Waals surface area contributed by atoms with Gasteiger partial charge in [0.15, 0.2) is 0 Å². The number of anilines is 1. The van der Waals surface area contributed by atoms with Crippen LogP contribution in [0.25, 0.3) is 0 Å². The number of nitrogens with zero attached hydrogens (tertiary/aromatic N) is 1. The molecule has 3 rings (SSSR count). The summed E-state index contributed by atoms with van der Waals surface area (Å²) in [7, 11) is 0. The third-order valence-electron chi connectivity index (χ3n) is 4.65. The van der Waals surface area contributed by atoms with Gasteiger partial charge in [0.2, 0.25) is 5.91 Å². The number of para-hydroxylation sites is 1. The van der Waals surface area contributed by atoms with E-state index < -0.39 is 12.0 Å². The van der Waals surface area contributed by atoms with Crippen LogP contribution in [0.2, 0.25) is 0 Å². The number of carbonyl (C=O) groups is 2. The van der Waals surface area contributed by atoms with Gasteiger partial charge in [0.1, 0.15) is 6.04 Å². The Morgan fingerprint density at radius 1 is 0.962 bits per heavy atom. The van der Waals surface area contributed by atoms with Crippen molar-refractivity contribution in [3.8, 4) is 0 Å². The maximum atomic E-state index is 13.0. The number of likely N-dealkylation sites (tertiary alicyclic amines) is 1. The van der Waals surface area contributed by atoms with Crippen molar-refractivity contribution < 1.29 is 14.7 Å². The van der Waals surface area contributed by atoms with Crippen LogP contribution in [0.3, 0.4) is 0 Å². The number of hydrogen-bond acceptors (Lipinski definition) is 3. The Balaban J connectivity index is 0.00000243.